The second-order valence-electron chi connectivity index (χ2n) is 5.36. The fourth-order valence-electron chi connectivity index (χ4n) is 3.07. The largest absolute Gasteiger partial charge is 0.480 e. The molecule has 1 aliphatic rings. The van der Waals surface area contributed by atoms with Crippen LogP contribution in [0.1, 0.15) is 38.2 Å². The molecule has 0 aliphatic carbocycles. The minimum atomic E-state index is -0.694. The van der Waals surface area contributed by atoms with E-state index < -0.39 is 11.5 Å². The number of aliphatic carboxylic acids is 1. The fraction of sp³-hybridized carbons (Fsp3) is 0.533. The number of halogens is 2. The second kappa shape index (κ2) is 6.46. The summed E-state index contributed by atoms with van der Waals surface area (Å²) >= 11 is 9.42. The molecule has 1 aromatic rings. The Hall–Kier alpha value is -0.580. The fourth-order valence-corrected chi connectivity index (χ4v) is 3.61. The van der Waals surface area contributed by atoms with Crippen molar-refractivity contribution < 1.29 is 9.90 Å². The minimum Gasteiger partial charge on any atom is -0.480 e. The van der Waals surface area contributed by atoms with Crippen LogP contribution >= 0.6 is 27.5 Å². The Kier molecular flexibility index (Phi) is 5.10. The smallest absolute Gasteiger partial charge is 0.324 e. The number of nitrogens with zero attached hydrogens (tertiary/aromatic N) is 1. The summed E-state index contributed by atoms with van der Waals surface area (Å²) in [5.74, 6) is -0.690. The van der Waals surface area contributed by atoms with Gasteiger partial charge in [-0.1, -0.05) is 31.0 Å². The van der Waals surface area contributed by atoms with Gasteiger partial charge in [0.1, 0.15) is 5.54 Å². The van der Waals surface area contributed by atoms with Crippen LogP contribution in [-0.2, 0) is 11.3 Å². The first-order valence-electron chi connectivity index (χ1n) is 6.92. The molecule has 3 nitrogen and oxygen atoms in total. The third-order valence-corrected chi connectivity index (χ3v) is 5.26. The first-order chi connectivity index (χ1) is 9.49. The topological polar surface area (TPSA) is 40.5 Å². The van der Waals surface area contributed by atoms with Crippen molar-refractivity contribution in [1.82, 2.24) is 4.90 Å². The monoisotopic (exact) mass is 359 g/mol. The Bertz CT molecular complexity index is 509. The number of likely N-dealkylation sites (tertiary alicyclic amines) is 1. The maximum atomic E-state index is 11.8. The SMILES string of the molecule is CCCC1(C(=O)O)CCCN1Cc1ccc(Cl)c(Br)c1. The third-order valence-electron chi connectivity index (χ3n) is 4.04. The lowest BCUT2D eigenvalue weighted by Crippen LogP contribution is -2.49. The van der Waals surface area contributed by atoms with E-state index in [1.807, 2.05) is 25.1 Å². The van der Waals surface area contributed by atoms with Crippen LogP contribution in [0.3, 0.4) is 0 Å². The highest BCUT2D eigenvalue weighted by molar-refractivity contribution is 9.10. The average molecular weight is 361 g/mol. The third kappa shape index (κ3) is 3.02. The van der Waals surface area contributed by atoms with Crippen molar-refractivity contribution in [3.63, 3.8) is 0 Å². The van der Waals surface area contributed by atoms with E-state index in [2.05, 4.69) is 20.8 Å². The van der Waals surface area contributed by atoms with Crippen molar-refractivity contribution in [3.05, 3.63) is 33.3 Å². The molecule has 5 heteroatoms. The Labute approximate surface area is 133 Å². The summed E-state index contributed by atoms with van der Waals surface area (Å²) in [6.45, 7) is 3.54. The van der Waals surface area contributed by atoms with Crippen LogP contribution < -0.4 is 0 Å². The van der Waals surface area contributed by atoms with Crippen LogP contribution in [0.4, 0.5) is 0 Å². The Morgan fingerprint density at radius 1 is 1.55 bits per heavy atom. The molecule has 0 spiro atoms. The zero-order valence-corrected chi connectivity index (χ0v) is 13.9. The van der Waals surface area contributed by atoms with Gasteiger partial charge in [-0.15, -0.1) is 0 Å². The van der Waals surface area contributed by atoms with E-state index in [0.29, 0.717) is 18.0 Å². The lowest BCUT2D eigenvalue weighted by Gasteiger charge is -2.34. The van der Waals surface area contributed by atoms with Gasteiger partial charge >= 0.3 is 5.97 Å². The van der Waals surface area contributed by atoms with Gasteiger partial charge in [-0.3, -0.25) is 9.69 Å². The predicted octanol–water partition coefficient (Wildman–Crippen LogP) is 4.32. The molecule has 1 heterocycles. The molecular weight excluding hydrogens is 342 g/mol. The number of rotatable bonds is 5. The molecular formula is C15H19BrClNO2. The van der Waals surface area contributed by atoms with Crippen LogP contribution in [0.5, 0.6) is 0 Å². The van der Waals surface area contributed by atoms with E-state index in [0.717, 1.165) is 35.8 Å². The Morgan fingerprint density at radius 3 is 2.90 bits per heavy atom. The maximum absolute atomic E-state index is 11.8. The molecule has 2 rings (SSSR count). The van der Waals surface area contributed by atoms with Crippen molar-refractivity contribution in [1.29, 1.82) is 0 Å². The summed E-state index contributed by atoms with van der Waals surface area (Å²) < 4.78 is 0.854. The number of carboxylic acid groups (broad SMARTS) is 1. The molecule has 1 saturated heterocycles. The number of hydrogen-bond acceptors (Lipinski definition) is 2. The summed E-state index contributed by atoms with van der Waals surface area (Å²) in [5.41, 5.74) is 0.394. The number of carbonyl (C=O) groups is 1. The first-order valence-corrected chi connectivity index (χ1v) is 8.09. The van der Waals surface area contributed by atoms with E-state index in [-0.39, 0.29) is 0 Å². The standard InChI is InChI=1S/C15H19BrClNO2/c1-2-6-15(14(19)20)7-3-8-18(15)10-11-4-5-13(17)12(16)9-11/h4-5,9H,2-3,6-8,10H2,1H3,(H,19,20). The molecule has 1 aromatic carbocycles. The highest BCUT2D eigenvalue weighted by atomic mass is 79.9. The van der Waals surface area contributed by atoms with Crippen molar-refractivity contribution >= 4 is 33.5 Å². The van der Waals surface area contributed by atoms with Crippen LogP contribution in [0, 0.1) is 0 Å². The number of hydrogen-bond donors (Lipinski definition) is 1. The van der Waals surface area contributed by atoms with Crippen LogP contribution in [0.15, 0.2) is 22.7 Å². The van der Waals surface area contributed by atoms with Gasteiger partial charge in [0.25, 0.3) is 0 Å². The lowest BCUT2D eigenvalue weighted by atomic mass is 9.90. The van der Waals surface area contributed by atoms with Crippen molar-refractivity contribution in [2.75, 3.05) is 6.54 Å². The summed E-state index contributed by atoms with van der Waals surface area (Å²) in [5, 5.41) is 10.3. The van der Waals surface area contributed by atoms with E-state index in [1.54, 1.807) is 0 Å². The molecule has 0 amide bonds. The minimum absolute atomic E-state index is 0.655. The van der Waals surface area contributed by atoms with Gasteiger partial charge in [-0.25, -0.2) is 0 Å². The molecule has 1 aliphatic heterocycles. The summed E-state index contributed by atoms with van der Waals surface area (Å²) in [6, 6.07) is 5.78. The molecule has 1 fully saturated rings. The van der Waals surface area contributed by atoms with Gasteiger partial charge in [0, 0.05) is 11.0 Å². The number of benzene rings is 1. The molecule has 0 saturated carbocycles. The summed E-state index contributed by atoms with van der Waals surface area (Å²) in [7, 11) is 0. The molecule has 0 bridgehead atoms. The predicted molar refractivity (Wildman–Crippen MR) is 84.1 cm³/mol. The quantitative estimate of drug-likeness (QED) is 0.850. The summed E-state index contributed by atoms with van der Waals surface area (Å²) in [6.07, 6.45) is 3.27. The molecule has 1 atom stereocenters. The molecule has 0 radical (unpaired) electrons. The molecule has 0 aromatic heterocycles. The second-order valence-corrected chi connectivity index (χ2v) is 6.62. The lowest BCUT2D eigenvalue weighted by molar-refractivity contribution is -0.150. The van der Waals surface area contributed by atoms with Crippen molar-refractivity contribution in [3.8, 4) is 0 Å². The number of carboxylic acids is 1. The van der Waals surface area contributed by atoms with E-state index in [4.69, 9.17) is 11.6 Å². The Balaban J connectivity index is 2.22. The van der Waals surface area contributed by atoms with Gasteiger partial charge in [-0.05, 0) is 59.4 Å². The van der Waals surface area contributed by atoms with Crippen LogP contribution in [0.2, 0.25) is 5.02 Å². The molecule has 1 N–H and O–H groups in total. The van der Waals surface area contributed by atoms with Gasteiger partial charge < -0.3 is 5.11 Å². The van der Waals surface area contributed by atoms with Gasteiger partial charge in [0.05, 0.1) is 5.02 Å². The van der Waals surface area contributed by atoms with Crippen LogP contribution in [-0.4, -0.2) is 28.1 Å². The van der Waals surface area contributed by atoms with Crippen molar-refractivity contribution in [2.24, 2.45) is 0 Å². The molecule has 110 valence electrons. The first kappa shape index (κ1) is 15.8. The molecule has 1 unspecified atom stereocenters. The van der Waals surface area contributed by atoms with Gasteiger partial charge in [0.2, 0.25) is 0 Å². The average Bonchev–Trinajstić information content (AvgIpc) is 2.79. The van der Waals surface area contributed by atoms with E-state index >= 15 is 0 Å². The van der Waals surface area contributed by atoms with E-state index in [1.165, 1.54) is 0 Å². The highest BCUT2D eigenvalue weighted by Gasteiger charge is 2.46. The Morgan fingerprint density at radius 2 is 2.30 bits per heavy atom. The molecule has 20 heavy (non-hydrogen) atoms. The van der Waals surface area contributed by atoms with Gasteiger partial charge in [-0.2, -0.15) is 0 Å². The normalized spacial score (nSPS) is 23.1. The van der Waals surface area contributed by atoms with Crippen molar-refractivity contribution in [2.45, 2.75) is 44.7 Å². The highest BCUT2D eigenvalue weighted by Crippen LogP contribution is 2.35. The maximum Gasteiger partial charge on any atom is 0.324 e. The van der Waals surface area contributed by atoms with Crippen LogP contribution in [0.25, 0.3) is 0 Å². The zero-order valence-electron chi connectivity index (χ0n) is 11.5. The summed E-state index contributed by atoms with van der Waals surface area (Å²) in [4.78, 5) is 13.9. The van der Waals surface area contributed by atoms with Gasteiger partial charge in [0.15, 0.2) is 0 Å². The zero-order chi connectivity index (χ0) is 14.8. The van der Waals surface area contributed by atoms with E-state index in [9.17, 15) is 9.90 Å².